The number of carbonyl (C=O) groups excluding carboxylic acids is 1. The minimum Gasteiger partial charge on any atom is -0.374 e. The van der Waals surface area contributed by atoms with Crippen molar-refractivity contribution in [2.45, 2.75) is 12.6 Å². The number of benzene rings is 2. The zero-order valence-corrected chi connectivity index (χ0v) is 18.7. The molecule has 30 heavy (non-hydrogen) atoms. The topological polar surface area (TPSA) is 87.7 Å². The molecule has 1 atom stereocenters. The van der Waals surface area contributed by atoms with E-state index in [1.165, 1.54) is 4.31 Å². The molecule has 0 aromatic heterocycles. The smallest absolute Gasteiger partial charge is 0.251 e. The number of amides is 1. The number of rotatable bonds is 7. The number of ether oxygens (including phenoxy) is 1. The molecule has 1 saturated heterocycles. The highest BCUT2D eigenvalue weighted by Gasteiger charge is 2.21. The molecule has 3 rings (SSSR count). The van der Waals surface area contributed by atoms with Crippen LogP contribution in [0.15, 0.2) is 42.5 Å². The van der Waals surface area contributed by atoms with Crippen molar-refractivity contribution in [2.75, 3.05) is 36.8 Å². The number of sulfonamides is 1. The normalized spacial score (nSPS) is 16.8. The Morgan fingerprint density at radius 3 is 2.60 bits per heavy atom. The molecule has 2 aromatic rings. The van der Waals surface area contributed by atoms with E-state index >= 15 is 0 Å². The second-order valence-corrected chi connectivity index (χ2v) is 9.63. The summed E-state index contributed by atoms with van der Waals surface area (Å²) in [5, 5.41) is 6.70. The van der Waals surface area contributed by atoms with Crippen LogP contribution in [0.25, 0.3) is 0 Å². The highest BCUT2D eigenvalue weighted by molar-refractivity contribution is 7.92. The maximum absolute atomic E-state index is 12.4. The van der Waals surface area contributed by atoms with Gasteiger partial charge in [-0.1, -0.05) is 35.3 Å². The highest BCUT2D eigenvalue weighted by Crippen LogP contribution is 2.29. The SMILES string of the molecule is CS(=O)(=O)N(Cc1cccc(Cl)c1Cl)c1ccc(C(=O)NCC2CNCCO2)cc1. The lowest BCUT2D eigenvalue weighted by molar-refractivity contribution is 0.0287. The number of hydrogen-bond donors (Lipinski definition) is 2. The first-order valence-electron chi connectivity index (χ1n) is 9.37. The Balaban J connectivity index is 1.72. The van der Waals surface area contributed by atoms with Crippen molar-refractivity contribution in [1.29, 1.82) is 0 Å². The second-order valence-electron chi connectivity index (χ2n) is 6.94. The summed E-state index contributed by atoms with van der Waals surface area (Å²) >= 11 is 12.3. The molecule has 1 unspecified atom stereocenters. The Labute approximate surface area is 186 Å². The van der Waals surface area contributed by atoms with E-state index in [1.807, 2.05) is 0 Å². The van der Waals surface area contributed by atoms with Gasteiger partial charge in [-0.15, -0.1) is 0 Å². The second kappa shape index (κ2) is 9.98. The molecule has 0 spiro atoms. The molecule has 1 fully saturated rings. The summed E-state index contributed by atoms with van der Waals surface area (Å²) in [5.74, 6) is -0.250. The Kier molecular flexibility index (Phi) is 7.60. The zero-order valence-electron chi connectivity index (χ0n) is 16.4. The van der Waals surface area contributed by atoms with Gasteiger partial charge < -0.3 is 15.4 Å². The number of nitrogens with zero attached hydrogens (tertiary/aromatic N) is 1. The first-order chi connectivity index (χ1) is 14.3. The quantitative estimate of drug-likeness (QED) is 0.647. The lowest BCUT2D eigenvalue weighted by Crippen LogP contribution is -2.45. The van der Waals surface area contributed by atoms with Gasteiger partial charge in [0.15, 0.2) is 0 Å². The van der Waals surface area contributed by atoms with Crippen molar-refractivity contribution >= 4 is 44.8 Å². The van der Waals surface area contributed by atoms with Crippen LogP contribution < -0.4 is 14.9 Å². The number of anilines is 1. The molecule has 1 heterocycles. The molecular weight excluding hydrogens is 449 g/mol. The van der Waals surface area contributed by atoms with E-state index in [0.717, 1.165) is 12.8 Å². The van der Waals surface area contributed by atoms with Gasteiger partial charge in [0.05, 0.1) is 41.2 Å². The first-order valence-corrected chi connectivity index (χ1v) is 12.0. The van der Waals surface area contributed by atoms with Gasteiger partial charge in [-0.25, -0.2) is 8.42 Å². The van der Waals surface area contributed by atoms with Crippen LogP contribution in [-0.4, -0.2) is 52.9 Å². The third-order valence-electron chi connectivity index (χ3n) is 4.66. The molecule has 0 bridgehead atoms. The fourth-order valence-electron chi connectivity index (χ4n) is 3.06. The number of morpholine rings is 1. The number of halogens is 2. The van der Waals surface area contributed by atoms with E-state index in [-0.39, 0.29) is 18.6 Å². The molecule has 1 amide bonds. The summed E-state index contributed by atoms with van der Waals surface area (Å²) in [6.45, 7) is 2.54. The van der Waals surface area contributed by atoms with Gasteiger partial charge in [-0.3, -0.25) is 9.10 Å². The van der Waals surface area contributed by atoms with E-state index in [2.05, 4.69) is 10.6 Å². The predicted molar refractivity (Wildman–Crippen MR) is 119 cm³/mol. The molecule has 1 aliphatic heterocycles. The van der Waals surface area contributed by atoms with Gasteiger partial charge in [0.25, 0.3) is 5.91 Å². The van der Waals surface area contributed by atoms with Crippen molar-refractivity contribution in [3.63, 3.8) is 0 Å². The molecule has 0 radical (unpaired) electrons. The molecule has 2 N–H and O–H groups in total. The van der Waals surface area contributed by atoms with Crippen LogP contribution in [0.4, 0.5) is 5.69 Å². The lowest BCUT2D eigenvalue weighted by Gasteiger charge is -2.24. The Morgan fingerprint density at radius 2 is 1.97 bits per heavy atom. The van der Waals surface area contributed by atoms with Gasteiger partial charge >= 0.3 is 0 Å². The Bertz CT molecular complexity index is 994. The van der Waals surface area contributed by atoms with Crippen molar-refractivity contribution < 1.29 is 17.9 Å². The van der Waals surface area contributed by atoms with Crippen molar-refractivity contribution in [1.82, 2.24) is 10.6 Å². The third-order valence-corrected chi connectivity index (χ3v) is 6.66. The molecule has 1 aliphatic rings. The van der Waals surface area contributed by atoms with Crippen LogP contribution in [0.5, 0.6) is 0 Å². The minimum absolute atomic E-state index is 0.0236. The highest BCUT2D eigenvalue weighted by atomic mass is 35.5. The van der Waals surface area contributed by atoms with Gasteiger partial charge in [0.1, 0.15) is 0 Å². The molecule has 162 valence electrons. The summed E-state index contributed by atoms with van der Waals surface area (Å²) in [6.07, 6.45) is 1.05. The largest absolute Gasteiger partial charge is 0.374 e. The number of hydrogen-bond acceptors (Lipinski definition) is 5. The number of carbonyl (C=O) groups is 1. The maximum atomic E-state index is 12.4. The summed E-state index contributed by atoms with van der Waals surface area (Å²) in [4.78, 5) is 12.4. The van der Waals surface area contributed by atoms with Crippen LogP contribution in [0.3, 0.4) is 0 Å². The first kappa shape index (κ1) is 22.8. The molecule has 0 aliphatic carbocycles. The summed E-state index contributed by atoms with van der Waals surface area (Å²) in [7, 11) is -3.60. The summed E-state index contributed by atoms with van der Waals surface area (Å²) < 4.78 is 31.5. The summed E-state index contributed by atoms with van der Waals surface area (Å²) in [6, 6.07) is 11.4. The van der Waals surface area contributed by atoms with Gasteiger partial charge in [0, 0.05) is 25.2 Å². The fourth-order valence-corrected chi connectivity index (χ4v) is 4.32. The fraction of sp³-hybridized carbons (Fsp3) is 0.350. The maximum Gasteiger partial charge on any atom is 0.251 e. The van der Waals surface area contributed by atoms with Crippen LogP contribution in [0, 0.1) is 0 Å². The van der Waals surface area contributed by atoms with Crippen molar-refractivity contribution in [3.05, 3.63) is 63.6 Å². The predicted octanol–water partition coefficient (Wildman–Crippen LogP) is 2.68. The minimum atomic E-state index is -3.60. The van der Waals surface area contributed by atoms with E-state index in [9.17, 15) is 13.2 Å². The summed E-state index contributed by atoms with van der Waals surface area (Å²) in [5.41, 5.74) is 1.43. The Hall–Kier alpha value is -1.84. The average Bonchev–Trinajstić information content (AvgIpc) is 2.73. The van der Waals surface area contributed by atoms with Crippen molar-refractivity contribution in [3.8, 4) is 0 Å². The van der Waals surface area contributed by atoms with Gasteiger partial charge in [-0.05, 0) is 35.9 Å². The van der Waals surface area contributed by atoms with E-state index in [1.54, 1.807) is 42.5 Å². The van der Waals surface area contributed by atoms with Crippen LogP contribution in [0.1, 0.15) is 15.9 Å². The van der Waals surface area contributed by atoms with Gasteiger partial charge in [0.2, 0.25) is 10.0 Å². The lowest BCUT2D eigenvalue weighted by atomic mass is 10.1. The average molecular weight is 472 g/mol. The molecule has 7 nitrogen and oxygen atoms in total. The molecule has 2 aromatic carbocycles. The van der Waals surface area contributed by atoms with E-state index in [4.69, 9.17) is 27.9 Å². The van der Waals surface area contributed by atoms with Crippen LogP contribution in [0.2, 0.25) is 10.0 Å². The zero-order chi connectivity index (χ0) is 21.7. The monoisotopic (exact) mass is 471 g/mol. The van der Waals surface area contributed by atoms with Crippen LogP contribution in [-0.2, 0) is 21.3 Å². The molecular formula is C20H23Cl2N3O4S. The molecule has 0 saturated carbocycles. The standard InChI is InChI=1S/C20H23Cl2N3O4S/c1-30(27,28)25(13-15-3-2-4-18(21)19(15)22)16-7-5-14(6-8-16)20(26)24-12-17-11-23-9-10-29-17/h2-8,17,23H,9-13H2,1H3,(H,24,26). The van der Waals surface area contributed by atoms with E-state index < -0.39 is 10.0 Å². The Morgan fingerprint density at radius 1 is 1.23 bits per heavy atom. The third kappa shape index (κ3) is 5.86. The number of nitrogens with one attached hydrogen (secondary N) is 2. The molecule has 10 heteroatoms. The van der Waals surface area contributed by atoms with E-state index in [0.29, 0.717) is 46.6 Å². The van der Waals surface area contributed by atoms with Crippen molar-refractivity contribution in [2.24, 2.45) is 0 Å². The van der Waals surface area contributed by atoms with Gasteiger partial charge in [-0.2, -0.15) is 0 Å². The van der Waals surface area contributed by atoms with Crippen LogP contribution >= 0.6 is 23.2 Å².